The van der Waals surface area contributed by atoms with E-state index in [0.717, 1.165) is 37.0 Å². The van der Waals surface area contributed by atoms with Crippen molar-refractivity contribution in [3.8, 4) is 5.75 Å². The molecule has 0 aliphatic heterocycles. The first-order valence-corrected chi connectivity index (χ1v) is 8.10. The summed E-state index contributed by atoms with van der Waals surface area (Å²) in [5.74, 6) is 0.837. The Hall–Kier alpha value is -1.55. The molecule has 22 heavy (non-hydrogen) atoms. The minimum absolute atomic E-state index is 0.0704. The van der Waals surface area contributed by atoms with Crippen LogP contribution in [0.2, 0.25) is 0 Å². The number of carbonyl (C=O) groups is 1. The molecule has 0 spiro atoms. The second kappa shape index (κ2) is 7.14. The molecular formula is C18H27NO3. The summed E-state index contributed by atoms with van der Waals surface area (Å²) in [4.78, 5) is 12.3. The van der Waals surface area contributed by atoms with Crippen molar-refractivity contribution >= 4 is 5.91 Å². The Morgan fingerprint density at radius 3 is 2.36 bits per heavy atom. The van der Waals surface area contributed by atoms with Gasteiger partial charge in [-0.05, 0) is 36.5 Å². The molecule has 1 aromatic rings. The first kappa shape index (κ1) is 16.8. The maximum atomic E-state index is 12.3. The Morgan fingerprint density at radius 1 is 1.27 bits per heavy atom. The summed E-state index contributed by atoms with van der Waals surface area (Å²) in [5, 5.41) is 13.1. The van der Waals surface area contributed by atoms with Gasteiger partial charge in [0.15, 0.2) is 0 Å². The molecule has 1 aliphatic rings. The molecule has 1 saturated carbocycles. The van der Waals surface area contributed by atoms with Crippen molar-refractivity contribution in [2.45, 2.75) is 57.6 Å². The van der Waals surface area contributed by atoms with E-state index in [2.05, 4.69) is 5.32 Å². The summed E-state index contributed by atoms with van der Waals surface area (Å²) in [6.07, 6.45) is 3.69. The third kappa shape index (κ3) is 3.80. The van der Waals surface area contributed by atoms with E-state index in [1.165, 1.54) is 0 Å². The Kier molecular flexibility index (Phi) is 5.46. The Balaban J connectivity index is 2.12. The van der Waals surface area contributed by atoms with Gasteiger partial charge < -0.3 is 15.2 Å². The van der Waals surface area contributed by atoms with E-state index < -0.39 is 6.10 Å². The van der Waals surface area contributed by atoms with Crippen LogP contribution in [0.4, 0.5) is 0 Å². The molecule has 2 N–H and O–H groups in total. The fourth-order valence-electron chi connectivity index (χ4n) is 3.12. The zero-order chi connectivity index (χ0) is 16.2. The van der Waals surface area contributed by atoms with Gasteiger partial charge in [-0.3, -0.25) is 4.79 Å². The lowest BCUT2D eigenvalue weighted by atomic mass is 9.87. The maximum absolute atomic E-state index is 12.3. The number of methoxy groups -OCH3 is 1. The van der Waals surface area contributed by atoms with Crippen LogP contribution in [0, 0.1) is 5.92 Å². The molecule has 2 rings (SSSR count). The van der Waals surface area contributed by atoms with Crippen LogP contribution >= 0.6 is 0 Å². The van der Waals surface area contributed by atoms with Gasteiger partial charge >= 0.3 is 0 Å². The molecule has 1 atom stereocenters. The second-order valence-corrected chi connectivity index (χ2v) is 6.58. The van der Waals surface area contributed by atoms with Gasteiger partial charge in [-0.2, -0.15) is 0 Å². The van der Waals surface area contributed by atoms with E-state index in [1.807, 2.05) is 38.1 Å². The van der Waals surface area contributed by atoms with Gasteiger partial charge in [0.1, 0.15) is 5.75 Å². The van der Waals surface area contributed by atoms with Crippen molar-refractivity contribution in [1.29, 1.82) is 0 Å². The molecule has 1 amide bonds. The summed E-state index contributed by atoms with van der Waals surface area (Å²) >= 11 is 0. The van der Waals surface area contributed by atoms with Crippen LogP contribution in [-0.4, -0.2) is 24.2 Å². The maximum Gasteiger partial charge on any atom is 0.223 e. The second-order valence-electron chi connectivity index (χ2n) is 6.58. The number of ether oxygens (including phenoxy) is 1. The van der Waals surface area contributed by atoms with Crippen molar-refractivity contribution in [3.63, 3.8) is 0 Å². The number of hydrogen-bond acceptors (Lipinski definition) is 3. The molecule has 4 heteroatoms. The summed E-state index contributed by atoms with van der Waals surface area (Å²) in [7, 11) is 1.65. The van der Waals surface area contributed by atoms with Crippen LogP contribution in [0.5, 0.6) is 5.75 Å². The highest BCUT2D eigenvalue weighted by molar-refractivity contribution is 5.77. The molecule has 122 valence electrons. The van der Waals surface area contributed by atoms with Gasteiger partial charge in [0, 0.05) is 0 Å². The van der Waals surface area contributed by atoms with Crippen molar-refractivity contribution in [1.82, 2.24) is 5.32 Å². The molecule has 1 aliphatic carbocycles. The van der Waals surface area contributed by atoms with Gasteiger partial charge in [-0.15, -0.1) is 0 Å². The number of nitrogens with one attached hydrogen (secondary N) is 1. The van der Waals surface area contributed by atoms with E-state index in [-0.39, 0.29) is 23.8 Å². The first-order valence-electron chi connectivity index (χ1n) is 8.10. The fourth-order valence-corrected chi connectivity index (χ4v) is 3.12. The van der Waals surface area contributed by atoms with Crippen molar-refractivity contribution < 1.29 is 14.6 Å². The number of hydrogen-bond donors (Lipinski definition) is 2. The minimum Gasteiger partial charge on any atom is -0.497 e. The molecule has 0 radical (unpaired) electrons. The van der Waals surface area contributed by atoms with E-state index in [4.69, 9.17) is 4.74 Å². The number of rotatable bonds is 6. The van der Waals surface area contributed by atoms with Crippen LogP contribution in [-0.2, 0) is 10.3 Å². The highest BCUT2D eigenvalue weighted by atomic mass is 16.5. The average molecular weight is 305 g/mol. The summed E-state index contributed by atoms with van der Waals surface area (Å²) < 4.78 is 5.20. The lowest BCUT2D eigenvalue weighted by molar-refractivity contribution is -0.125. The van der Waals surface area contributed by atoms with Gasteiger partial charge in [-0.1, -0.05) is 38.8 Å². The fraction of sp³-hybridized carbons (Fsp3) is 0.611. The molecule has 0 aromatic heterocycles. The standard InChI is InChI=1S/C18H27NO3/c1-13(2)16(20)12-17(21)19-18(10-4-5-11-18)14-6-8-15(22-3)9-7-14/h6-9,13,16,20H,4-5,10-12H2,1-3H3,(H,19,21). The van der Waals surface area contributed by atoms with Crippen LogP contribution in [0.3, 0.4) is 0 Å². The molecule has 1 fully saturated rings. The lowest BCUT2D eigenvalue weighted by Crippen LogP contribution is -2.45. The van der Waals surface area contributed by atoms with E-state index in [1.54, 1.807) is 7.11 Å². The molecule has 4 nitrogen and oxygen atoms in total. The Morgan fingerprint density at radius 2 is 1.86 bits per heavy atom. The van der Waals surface area contributed by atoms with Gasteiger partial charge in [0.2, 0.25) is 5.91 Å². The first-order chi connectivity index (χ1) is 10.5. The summed E-state index contributed by atoms with van der Waals surface area (Å²) in [6, 6.07) is 7.93. The van der Waals surface area contributed by atoms with Gasteiger partial charge in [-0.25, -0.2) is 0 Å². The Bertz CT molecular complexity index is 490. The summed E-state index contributed by atoms with van der Waals surface area (Å²) in [5.41, 5.74) is 0.832. The third-order valence-corrected chi connectivity index (χ3v) is 4.64. The number of carbonyl (C=O) groups excluding carboxylic acids is 1. The molecular weight excluding hydrogens is 278 g/mol. The minimum atomic E-state index is -0.589. The van der Waals surface area contributed by atoms with Crippen LogP contribution < -0.4 is 10.1 Å². The average Bonchev–Trinajstić information content (AvgIpc) is 2.96. The monoisotopic (exact) mass is 305 g/mol. The van der Waals surface area contributed by atoms with E-state index in [9.17, 15) is 9.90 Å². The molecule has 0 heterocycles. The quantitative estimate of drug-likeness (QED) is 0.849. The number of amides is 1. The number of aliphatic hydroxyl groups excluding tert-OH is 1. The largest absolute Gasteiger partial charge is 0.497 e. The molecule has 1 unspecified atom stereocenters. The van der Waals surface area contributed by atoms with E-state index in [0.29, 0.717) is 0 Å². The van der Waals surface area contributed by atoms with Crippen molar-refractivity contribution in [2.24, 2.45) is 5.92 Å². The van der Waals surface area contributed by atoms with Gasteiger partial charge in [0.25, 0.3) is 0 Å². The smallest absolute Gasteiger partial charge is 0.223 e. The van der Waals surface area contributed by atoms with Crippen molar-refractivity contribution in [3.05, 3.63) is 29.8 Å². The molecule has 1 aromatic carbocycles. The van der Waals surface area contributed by atoms with Crippen LogP contribution in [0.15, 0.2) is 24.3 Å². The zero-order valence-electron chi connectivity index (χ0n) is 13.8. The normalized spacial score (nSPS) is 18.2. The van der Waals surface area contributed by atoms with Crippen molar-refractivity contribution in [2.75, 3.05) is 7.11 Å². The van der Waals surface area contributed by atoms with Gasteiger partial charge in [0.05, 0.1) is 25.2 Å². The van der Waals surface area contributed by atoms with Crippen LogP contribution in [0.25, 0.3) is 0 Å². The third-order valence-electron chi connectivity index (χ3n) is 4.64. The topological polar surface area (TPSA) is 58.6 Å². The lowest BCUT2D eigenvalue weighted by Gasteiger charge is -2.32. The Labute approximate surface area is 132 Å². The SMILES string of the molecule is COc1ccc(C2(NC(=O)CC(O)C(C)C)CCCC2)cc1. The number of aliphatic hydroxyl groups is 1. The predicted octanol–water partition coefficient (Wildman–Crippen LogP) is 2.99. The highest BCUT2D eigenvalue weighted by Gasteiger charge is 2.37. The summed E-state index contributed by atoms with van der Waals surface area (Å²) in [6.45, 7) is 3.85. The predicted molar refractivity (Wildman–Crippen MR) is 86.7 cm³/mol. The highest BCUT2D eigenvalue weighted by Crippen LogP contribution is 2.39. The molecule has 0 saturated heterocycles. The number of benzene rings is 1. The molecule has 0 bridgehead atoms. The zero-order valence-corrected chi connectivity index (χ0v) is 13.8. The van der Waals surface area contributed by atoms with Crippen LogP contribution in [0.1, 0.15) is 51.5 Å². The van der Waals surface area contributed by atoms with E-state index >= 15 is 0 Å².